The molecule has 1 aromatic heterocycles. The van der Waals surface area contributed by atoms with Crippen molar-refractivity contribution < 1.29 is 0 Å². The summed E-state index contributed by atoms with van der Waals surface area (Å²) in [5, 5.41) is 6.61. The highest BCUT2D eigenvalue weighted by atomic mass is 32.1. The fourth-order valence-electron chi connectivity index (χ4n) is 1.54. The van der Waals surface area contributed by atoms with Crippen LogP contribution < -0.4 is 16.3 Å². The van der Waals surface area contributed by atoms with Crippen molar-refractivity contribution in [2.75, 3.05) is 7.05 Å². The number of fused-ring (bicyclic) bond motifs is 1. The number of nitrogens with zero attached hydrogens (tertiary/aromatic N) is 2. The van der Waals surface area contributed by atoms with Gasteiger partial charge in [0.1, 0.15) is 0 Å². The van der Waals surface area contributed by atoms with Gasteiger partial charge in [0.05, 0.1) is 11.9 Å². The molecule has 1 heterocycles. The predicted molar refractivity (Wildman–Crippen MR) is 77.3 cm³/mol. The molecule has 6 heteroatoms. The Morgan fingerprint density at radius 2 is 2.17 bits per heavy atom. The van der Waals surface area contributed by atoms with E-state index < -0.39 is 0 Å². The van der Waals surface area contributed by atoms with Crippen LogP contribution in [0, 0.1) is 0 Å². The number of hydrogen-bond acceptors (Lipinski definition) is 4. The first-order valence-corrected chi connectivity index (χ1v) is 5.81. The van der Waals surface area contributed by atoms with Gasteiger partial charge in [-0.1, -0.05) is 24.3 Å². The normalized spacial score (nSPS) is 10.7. The number of benzene rings is 1. The molecule has 0 amide bonds. The third-order valence-electron chi connectivity index (χ3n) is 2.30. The van der Waals surface area contributed by atoms with Crippen molar-refractivity contribution in [2.45, 2.75) is 0 Å². The highest BCUT2D eigenvalue weighted by Crippen LogP contribution is 2.14. The van der Waals surface area contributed by atoms with Crippen LogP contribution in [0.4, 0.5) is 0 Å². The molecule has 0 aliphatic carbocycles. The molecule has 0 aliphatic rings. The summed E-state index contributed by atoms with van der Waals surface area (Å²) < 4.78 is 0. The van der Waals surface area contributed by atoms with Gasteiger partial charge in [-0.2, -0.15) is 5.10 Å². The largest absolute Gasteiger partial charge is 0.297 e. The molecule has 0 saturated carbocycles. The predicted octanol–water partition coefficient (Wildman–Crippen LogP) is 1.17. The summed E-state index contributed by atoms with van der Waals surface area (Å²) >= 11 is 4.95. The van der Waals surface area contributed by atoms with Crippen LogP contribution in [0.1, 0.15) is 5.69 Å². The van der Waals surface area contributed by atoms with Gasteiger partial charge in [0.25, 0.3) is 0 Å². The number of rotatable bonds is 3. The lowest BCUT2D eigenvalue weighted by Gasteiger charge is -2.04. The van der Waals surface area contributed by atoms with E-state index in [4.69, 9.17) is 12.2 Å². The first kappa shape index (κ1) is 12.4. The van der Waals surface area contributed by atoms with Crippen LogP contribution in [-0.4, -0.2) is 23.4 Å². The molecule has 2 aromatic rings. The fourth-order valence-corrected chi connectivity index (χ4v) is 1.69. The zero-order valence-corrected chi connectivity index (χ0v) is 10.7. The Bertz CT molecular complexity index is 576. The Morgan fingerprint density at radius 1 is 1.33 bits per heavy atom. The summed E-state index contributed by atoms with van der Waals surface area (Å²) in [5.74, 6) is 0. The Hall–Kier alpha value is -2.05. The lowest BCUT2D eigenvalue weighted by Crippen LogP contribution is -2.39. The van der Waals surface area contributed by atoms with Crippen LogP contribution in [0.25, 0.3) is 10.8 Å². The van der Waals surface area contributed by atoms with Gasteiger partial charge in [-0.25, -0.2) is 5.43 Å². The lowest BCUT2D eigenvalue weighted by molar-refractivity contribution is 0.749. The van der Waals surface area contributed by atoms with Crippen molar-refractivity contribution in [1.29, 1.82) is 0 Å². The third kappa shape index (κ3) is 2.99. The van der Waals surface area contributed by atoms with Crippen molar-refractivity contribution in [3.05, 3.63) is 42.2 Å². The van der Waals surface area contributed by atoms with Gasteiger partial charge in [-0.3, -0.25) is 15.8 Å². The van der Waals surface area contributed by atoms with Crippen molar-refractivity contribution in [3.8, 4) is 0 Å². The average molecular weight is 259 g/mol. The molecule has 0 fully saturated rings. The van der Waals surface area contributed by atoms with Crippen LogP contribution in [-0.2, 0) is 0 Å². The van der Waals surface area contributed by atoms with Gasteiger partial charge in [-0.05, 0) is 23.7 Å². The van der Waals surface area contributed by atoms with Crippen molar-refractivity contribution in [3.63, 3.8) is 0 Å². The third-order valence-corrected chi connectivity index (χ3v) is 2.49. The molecule has 2 rings (SSSR count). The van der Waals surface area contributed by atoms with Gasteiger partial charge < -0.3 is 0 Å². The smallest absolute Gasteiger partial charge is 0.201 e. The SMILES string of the molecule is CNNC(=S)NN=Cc1nccc2ccccc12. The van der Waals surface area contributed by atoms with Gasteiger partial charge in [0.15, 0.2) is 0 Å². The van der Waals surface area contributed by atoms with Crippen LogP contribution in [0.5, 0.6) is 0 Å². The molecule has 0 atom stereocenters. The van der Waals surface area contributed by atoms with Crippen molar-refractivity contribution in [2.24, 2.45) is 5.10 Å². The first-order valence-electron chi connectivity index (χ1n) is 5.41. The first-order chi connectivity index (χ1) is 8.81. The minimum Gasteiger partial charge on any atom is -0.297 e. The van der Waals surface area contributed by atoms with Crippen molar-refractivity contribution >= 4 is 34.3 Å². The second-order valence-electron chi connectivity index (χ2n) is 3.49. The molecular weight excluding hydrogens is 246 g/mol. The maximum Gasteiger partial charge on any atom is 0.201 e. The number of aromatic nitrogens is 1. The quantitative estimate of drug-likeness (QED) is 0.439. The Balaban J connectivity index is 2.16. The van der Waals surface area contributed by atoms with Crippen LogP contribution in [0.3, 0.4) is 0 Å². The molecule has 0 unspecified atom stereocenters. The molecule has 92 valence electrons. The Kier molecular flexibility index (Phi) is 4.16. The Morgan fingerprint density at radius 3 is 3.00 bits per heavy atom. The van der Waals surface area contributed by atoms with E-state index in [2.05, 4.69) is 26.4 Å². The van der Waals surface area contributed by atoms with E-state index in [1.807, 2.05) is 30.3 Å². The second kappa shape index (κ2) is 6.04. The topological polar surface area (TPSA) is 61.3 Å². The molecule has 1 aromatic carbocycles. The standard InChI is InChI=1S/C12H13N5S/c1-13-16-12(18)17-15-8-11-10-5-3-2-4-9(10)6-7-14-11/h2-8,13H,1H3,(H2,16,17,18). The summed E-state index contributed by atoms with van der Waals surface area (Å²) in [6.45, 7) is 0. The minimum absolute atomic E-state index is 0.397. The maximum absolute atomic E-state index is 4.95. The molecule has 3 N–H and O–H groups in total. The highest BCUT2D eigenvalue weighted by Gasteiger charge is 1.98. The van der Waals surface area contributed by atoms with E-state index in [0.717, 1.165) is 16.5 Å². The number of hydrazone groups is 1. The Labute approximate surface area is 110 Å². The van der Waals surface area contributed by atoms with E-state index in [-0.39, 0.29) is 0 Å². The minimum atomic E-state index is 0.397. The molecule has 0 saturated heterocycles. The van der Waals surface area contributed by atoms with Gasteiger partial charge >= 0.3 is 0 Å². The number of hydrazine groups is 1. The molecule has 5 nitrogen and oxygen atoms in total. The zero-order chi connectivity index (χ0) is 12.8. The van der Waals surface area contributed by atoms with E-state index in [0.29, 0.717) is 5.11 Å². The number of hydrogen-bond donors (Lipinski definition) is 3. The van der Waals surface area contributed by atoms with Crippen LogP contribution in [0.15, 0.2) is 41.6 Å². The summed E-state index contributed by atoms with van der Waals surface area (Å²) in [6, 6.07) is 9.98. The number of pyridine rings is 1. The molecular formula is C12H13N5S. The summed E-state index contributed by atoms with van der Waals surface area (Å²) in [6.07, 6.45) is 3.40. The molecule has 0 bridgehead atoms. The van der Waals surface area contributed by atoms with E-state index >= 15 is 0 Å². The summed E-state index contributed by atoms with van der Waals surface area (Å²) in [4.78, 5) is 4.28. The van der Waals surface area contributed by atoms with Gasteiger partial charge in [0.2, 0.25) is 5.11 Å². The molecule has 18 heavy (non-hydrogen) atoms. The fraction of sp³-hybridized carbons (Fsp3) is 0.0833. The molecule has 0 radical (unpaired) electrons. The second-order valence-corrected chi connectivity index (χ2v) is 3.90. The monoisotopic (exact) mass is 259 g/mol. The van der Waals surface area contributed by atoms with Crippen LogP contribution in [0.2, 0.25) is 0 Å². The highest BCUT2D eigenvalue weighted by molar-refractivity contribution is 7.80. The van der Waals surface area contributed by atoms with E-state index in [9.17, 15) is 0 Å². The molecule has 0 spiro atoms. The summed E-state index contributed by atoms with van der Waals surface area (Å²) in [7, 11) is 1.73. The number of thiocarbonyl (C=S) groups is 1. The maximum atomic E-state index is 4.95. The van der Waals surface area contributed by atoms with E-state index in [1.165, 1.54) is 0 Å². The summed E-state index contributed by atoms with van der Waals surface area (Å²) in [5.41, 5.74) is 8.89. The van der Waals surface area contributed by atoms with E-state index in [1.54, 1.807) is 19.5 Å². The zero-order valence-electron chi connectivity index (χ0n) is 9.84. The van der Waals surface area contributed by atoms with Crippen molar-refractivity contribution in [1.82, 2.24) is 21.3 Å². The molecule has 0 aliphatic heterocycles. The number of nitrogens with one attached hydrogen (secondary N) is 3. The van der Waals surface area contributed by atoms with Gasteiger partial charge in [-0.15, -0.1) is 0 Å². The van der Waals surface area contributed by atoms with Crippen LogP contribution >= 0.6 is 12.2 Å². The lowest BCUT2D eigenvalue weighted by atomic mass is 10.1. The van der Waals surface area contributed by atoms with Gasteiger partial charge in [0, 0.05) is 18.6 Å². The average Bonchev–Trinajstić information content (AvgIpc) is 2.39.